The minimum absolute atomic E-state index is 0.0268. The van der Waals surface area contributed by atoms with Crippen LogP contribution in [0.3, 0.4) is 0 Å². The van der Waals surface area contributed by atoms with E-state index >= 15 is 0 Å². The van der Waals surface area contributed by atoms with Crippen LogP contribution in [-0.2, 0) is 42.8 Å². The largest absolute Gasteiger partial charge is 0.462 e. The van der Waals surface area contributed by atoms with Crippen molar-refractivity contribution in [1.82, 2.24) is 0 Å². The van der Waals surface area contributed by atoms with Crippen LogP contribution in [0, 0.1) is 0 Å². The summed E-state index contributed by atoms with van der Waals surface area (Å²) in [6.45, 7) is 1.88. The molecule has 0 saturated carbocycles. The topological polar surface area (TPSA) is 107 Å². The maximum atomic E-state index is 11.4. The van der Waals surface area contributed by atoms with Crippen molar-refractivity contribution in [2.75, 3.05) is 34.5 Å². The average Bonchev–Trinajstić information content (AvgIpc) is 2.48. The van der Waals surface area contributed by atoms with Crippen LogP contribution in [0.1, 0.15) is 22.1 Å². The molecule has 0 aliphatic carbocycles. The third-order valence-electron chi connectivity index (χ3n) is 2.88. The lowest BCUT2D eigenvalue weighted by molar-refractivity contribution is -0.192. The first kappa shape index (κ1) is 20.3. The van der Waals surface area contributed by atoms with Gasteiger partial charge in [-0.3, -0.25) is 14.4 Å². The van der Waals surface area contributed by atoms with E-state index in [1.165, 1.54) is 28.3 Å². The Labute approximate surface area is 142 Å². The molecule has 0 aliphatic heterocycles. The van der Waals surface area contributed by atoms with Gasteiger partial charge in [-0.15, -0.1) is 0 Å². The van der Waals surface area contributed by atoms with Gasteiger partial charge in [0.15, 0.2) is 12.2 Å². The molecule has 0 amide bonds. The van der Waals surface area contributed by atoms with Gasteiger partial charge in [-0.2, -0.15) is 0 Å². The van der Waals surface area contributed by atoms with Crippen LogP contribution >= 0.6 is 0 Å². The molecule has 0 fully saturated rings. The molecule has 24 heavy (non-hydrogen) atoms. The number of carbonyl (C=O) groups is 3. The van der Waals surface area contributed by atoms with Crippen molar-refractivity contribution in [3.05, 3.63) is 0 Å². The maximum Gasteiger partial charge on any atom is 0.303 e. The van der Waals surface area contributed by atoms with E-state index in [0.717, 1.165) is 13.8 Å². The van der Waals surface area contributed by atoms with Crippen LogP contribution in [0.5, 0.6) is 0 Å². The lowest BCUT2D eigenvalue weighted by atomic mass is 10.0. The number of carbonyl (C=O) groups excluding carboxylic acids is 3. The fraction of sp³-hybridized carbons (Fsp3) is 0.800. The highest BCUT2D eigenvalue weighted by Gasteiger charge is 2.39. The minimum atomic E-state index is -1.57. The van der Waals surface area contributed by atoms with E-state index in [0.29, 0.717) is 0 Å². The van der Waals surface area contributed by atoms with E-state index in [2.05, 4.69) is 0 Å². The third-order valence-corrected chi connectivity index (χ3v) is 2.88. The first-order chi connectivity index (χ1) is 11.7. The van der Waals surface area contributed by atoms with E-state index in [1.54, 1.807) is 0 Å². The van der Waals surface area contributed by atoms with Gasteiger partial charge in [0.05, 0.1) is 7.98 Å². The molecule has 0 bridgehead atoms. The van der Waals surface area contributed by atoms with Crippen LogP contribution in [-0.4, -0.2) is 76.8 Å². The molecule has 9 nitrogen and oxygen atoms in total. The summed E-state index contributed by atoms with van der Waals surface area (Å²) in [5.74, 6) is -2.01. The standard InChI is InChI=1S/C15H26O9/c1-9(16)22-8-13(24-11(3)18)15(21-6)14(20-5)12(7-19-4)23-10(2)17/h12-15H,7-8H2,1-6H3/i8D. The first-order valence-electron chi connectivity index (χ1n) is 7.74. The van der Waals surface area contributed by atoms with Gasteiger partial charge in [0.25, 0.3) is 0 Å². The summed E-state index contributed by atoms with van der Waals surface area (Å²) in [6, 6.07) is 0. The fourth-order valence-electron chi connectivity index (χ4n) is 2.05. The highest BCUT2D eigenvalue weighted by atomic mass is 16.6. The van der Waals surface area contributed by atoms with Crippen molar-refractivity contribution in [1.29, 1.82) is 0 Å². The van der Waals surface area contributed by atoms with E-state index in [9.17, 15) is 14.4 Å². The lowest BCUT2D eigenvalue weighted by Gasteiger charge is -2.34. The number of hydrogen-bond acceptors (Lipinski definition) is 9. The third kappa shape index (κ3) is 8.23. The second kappa shape index (κ2) is 11.8. The van der Waals surface area contributed by atoms with Crippen molar-refractivity contribution < 1.29 is 44.2 Å². The molecule has 0 spiro atoms. The Morgan fingerprint density at radius 2 is 1.29 bits per heavy atom. The van der Waals surface area contributed by atoms with Gasteiger partial charge in [0, 0.05) is 42.1 Å². The predicted molar refractivity (Wildman–Crippen MR) is 81.2 cm³/mol. The summed E-state index contributed by atoms with van der Waals surface area (Å²) in [7, 11) is 4.03. The molecular formula is C15H26O9. The summed E-state index contributed by atoms with van der Waals surface area (Å²) in [4.78, 5) is 33.9. The lowest BCUT2D eigenvalue weighted by Crippen LogP contribution is -2.52. The number of rotatable bonds is 11. The number of hydrogen-bond donors (Lipinski definition) is 0. The van der Waals surface area contributed by atoms with Crippen LogP contribution in [0.4, 0.5) is 0 Å². The molecule has 0 aromatic rings. The van der Waals surface area contributed by atoms with E-state index in [1.807, 2.05) is 0 Å². The summed E-state index contributed by atoms with van der Waals surface area (Å²) in [5, 5.41) is 0. The molecule has 0 radical (unpaired) electrons. The SMILES string of the molecule is [2H]C(OC(C)=O)C(OC(C)=O)C(OC)C(OC)C(COC)OC(C)=O. The normalized spacial score (nSPS) is 17.7. The van der Waals surface area contributed by atoms with Gasteiger partial charge in [-0.25, -0.2) is 0 Å². The quantitative estimate of drug-likeness (QED) is 0.378. The Morgan fingerprint density at radius 3 is 1.67 bits per heavy atom. The van der Waals surface area contributed by atoms with E-state index < -0.39 is 48.9 Å². The molecule has 140 valence electrons. The molecule has 5 unspecified atom stereocenters. The van der Waals surface area contributed by atoms with Crippen molar-refractivity contribution >= 4 is 17.9 Å². The smallest absolute Gasteiger partial charge is 0.303 e. The van der Waals surface area contributed by atoms with E-state index in [-0.39, 0.29) is 6.61 Å². The molecule has 0 rings (SSSR count). The van der Waals surface area contributed by atoms with Gasteiger partial charge in [0.2, 0.25) is 0 Å². The van der Waals surface area contributed by atoms with Crippen LogP contribution in [0.2, 0.25) is 0 Å². The molecule has 0 aromatic carbocycles. The molecule has 0 aromatic heterocycles. The zero-order chi connectivity index (χ0) is 19.6. The fourth-order valence-corrected chi connectivity index (χ4v) is 2.05. The molecule has 0 N–H and O–H groups in total. The van der Waals surface area contributed by atoms with Gasteiger partial charge in [-0.05, 0) is 0 Å². The summed E-state index contributed by atoms with van der Waals surface area (Å²) < 4.78 is 38.7. The van der Waals surface area contributed by atoms with Crippen LogP contribution in [0.25, 0.3) is 0 Å². The summed E-state index contributed by atoms with van der Waals surface area (Å²) in [6.07, 6.45) is -4.25. The summed E-state index contributed by atoms with van der Waals surface area (Å²) in [5.41, 5.74) is 0. The van der Waals surface area contributed by atoms with Crippen LogP contribution < -0.4 is 0 Å². The Kier molecular flexibility index (Phi) is 9.97. The summed E-state index contributed by atoms with van der Waals surface area (Å²) >= 11 is 0. The van der Waals surface area contributed by atoms with Gasteiger partial charge < -0.3 is 28.4 Å². The molecule has 9 heteroatoms. The zero-order valence-corrected chi connectivity index (χ0v) is 14.8. The highest BCUT2D eigenvalue weighted by molar-refractivity contribution is 5.67. The minimum Gasteiger partial charge on any atom is -0.462 e. The van der Waals surface area contributed by atoms with Gasteiger partial charge in [0.1, 0.15) is 18.8 Å². The van der Waals surface area contributed by atoms with Crippen molar-refractivity contribution in [2.45, 2.75) is 45.2 Å². The average molecular weight is 351 g/mol. The van der Waals surface area contributed by atoms with Gasteiger partial charge in [-0.1, -0.05) is 0 Å². The molecule has 0 saturated heterocycles. The Bertz CT molecular complexity index is 443. The molecule has 5 atom stereocenters. The maximum absolute atomic E-state index is 11.4. The zero-order valence-electron chi connectivity index (χ0n) is 15.8. The second-order valence-electron chi connectivity index (χ2n) is 4.82. The highest BCUT2D eigenvalue weighted by Crippen LogP contribution is 2.18. The Balaban J connectivity index is 5.63. The Morgan fingerprint density at radius 1 is 0.833 bits per heavy atom. The molecule has 0 aliphatic rings. The molecule has 0 heterocycles. The van der Waals surface area contributed by atoms with Crippen molar-refractivity contribution in [3.63, 3.8) is 0 Å². The first-order valence-corrected chi connectivity index (χ1v) is 7.16. The number of ether oxygens (including phenoxy) is 6. The monoisotopic (exact) mass is 351 g/mol. The number of methoxy groups -OCH3 is 3. The number of esters is 3. The van der Waals surface area contributed by atoms with Gasteiger partial charge >= 0.3 is 17.9 Å². The Hall–Kier alpha value is -1.71. The van der Waals surface area contributed by atoms with Crippen LogP contribution in [0.15, 0.2) is 0 Å². The predicted octanol–water partition coefficient (Wildman–Crippen LogP) is 0.0893. The van der Waals surface area contributed by atoms with E-state index in [4.69, 9.17) is 29.8 Å². The molecular weight excluding hydrogens is 324 g/mol. The van der Waals surface area contributed by atoms with Crippen molar-refractivity contribution in [2.24, 2.45) is 0 Å². The second-order valence-corrected chi connectivity index (χ2v) is 4.82. The van der Waals surface area contributed by atoms with Crippen molar-refractivity contribution in [3.8, 4) is 0 Å².